The Kier molecular flexibility index (Phi) is 6.53. The van der Waals surface area contributed by atoms with Gasteiger partial charge in [0.25, 0.3) is 0 Å². The Morgan fingerprint density at radius 3 is 2.21 bits per heavy atom. The van der Waals surface area contributed by atoms with Gasteiger partial charge in [0.2, 0.25) is 15.9 Å². The van der Waals surface area contributed by atoms with Gasteiger partial charge in [-0.3, -0.25) is 13.9 Å². The average Bonchev–Trinajstić information content (AvgIpc) is 2.65. The van der Waals surface area contributed by atoms with Crippen molar-refractivity contribution in [2.45, 2.75) is 6.92 Å². The molecule has 9 heteroatoms. The Balaban J connectivity index is 2.19. The van der Waals surface area contributed by atoms with Gasteiger partial charge in [-0.25, -0.2) is 13.2 Å². The molecule has 0 saturated carbocycles. The van der Waals surface area contributed by atoms with Crippen LogP contribution >= 0.6 is 0 Å². The fraction of sp³-hybridized carbons (Fsp3) is 0.211. The molecule has 0 bridgehead atoms. The summed E-state index contributed by atoms with van der Waals surface area (Å²) in [5.41, 5.74) is 1.26. The van der Waals surface area contributed by atoms with Gasteiger partial charge < -0.3 is 10.1 Å². The Morgan fingerprint density at radius 2 is 1.68 bits per heavy atom. The van der Waals surface area contributed by atoms with Gasteiger partial charge in [0.05, 0.1) is 24.6 Å². The van der Waals surface area contributed by atoms with E-state index in [1.807, 2.05) is 0 Å². The van der Waals surface area contributed by atoms with Gasteiger partial charge in [-0.05, 0) is 43.3 Å². The molecule has 0 aliphatic rings. The van der Waals surface area contributed by atoms with Crippen LogP contribution in [-0.4, -0.2) is 46.0 Å². The highest BCUT2D eigenvalue weighted by molar-refractivity contribution is 7.92. The van der Waals surface area contributed by atoms with Crippen molar-refractivity contribution < 1.29 is 27.5 Å². The fourth-order valence-corrected chi connectivity index (χ4v) is 3.27. The number of methoxy groups -OCH3 is 1. The van der Waals surface area contributed by atoms with Crippen LogP contribution in [0.3, 0.4) is 0 Å². The summed E-state index contributed by atoms with van der Waals surface area (Å²) in [5.74, 6) is -1.30. The van der Waals surface area contributed by atoms with Gasteiger partial charge >= 0.3 is 5.97 Å². The molecule has 2 aromatic carbocycles. The molecule has 0 atom stereocenters. The summed E-state index contributed by atoms with van der Waals surface area (Å²) in [5, 5.41) is 2.57. The first kappa shape index (κ1) is 21.1. The van der Waals surface area contributed by atoms with Gasteiger partial charge in [0.1, 0.15) is 6.54 Å². The number of nitrogens with zero attached hydrogens (tertiary/aromatic N) is 1. The normalized spacial score (nSPS) is 10.8. The smallest absolute Gasteiger partial charge is 0.337 e. The number of benzene rings is 2. The van der Waals surface area contributed by atoms with E-state index in [9.17, 15) is 22.8 Å². The second-order valence-electron chi connectivity index (χ2n) is 5.99. The van der Waals surface area contributed by atoms with Crippen LogP contribution in [-0.2, 0) is 19.6 Å². The van der Waals surface area contributed by atoms with Crippen LogP contribution in [0.15, 0.2) is 48.5 Å². The van der Waals surface area contributed by atoms with Crippen molar-refractivity contribution in [3.05, 3.63) is 59.7 Å². The predicted molar refractivity (Wildman–Crippen MR) is 105 cm³/mol. The molecule has 28 heavy (non-hydrogen) atoms. The van der Waals surface area contributed by atoms with Gasteiger partial charge in [-0.1, -0.05) is 12.1 Å². The standard InChI is InChI=1S/C19H20N2O6S/c1-13(22)15-5-4-6-17(11-15)21(28(3,25)26)12-18(23)20-16-9-7-14(8-10-16)19(24)27-2/h4-11H,12H2,1-3H3,(H,20,23). The van der Waals surface area contributed by atoms with Crippen LogP contribution in [0.1, 0.15) is 27.6 Å². The first-order chi connectivity index (χ1) is 13.1. The van der Waals surface area contributed by atoms with Crippen molar-refractivity contribution in [1.29, 1.82) is 0 Å². The third-order valence-corrected chi connectivity index (χ3v) is 4.96. The van der Waals surface area contributed by atoms with Crippen molar-refractivity contribution in [1.82, 2.24) is 0 Å². The fourth-order valence-electron chi connectivity index (χ4n) is 2.42. The molecule has 0 unspecified atom stereocenters. The number of rotatable bonds is 7. The molecule has 2 rings (SSSR count). The van der Waals surface area contributed by atoms with Crippen LogP contribution < -0.4 is 9.62 Å². The van der Waals surface area contributed by atoms with Gasteiger partial charge in [-0.2, -0.15) is 0 Å². The number of hydrogen-bond donors (Lipinski definition) is 1. The number of amides is 1. The van der Waals surface area contributed by atoms with Crippen molar-refractivity contribution in [2.75, 3.05) is 29.5 Å². The van der Waals surface area contributed by atoms with Gasteiger partial charge in [-0.15, -0.1) is 0 Å². The van der Waals surface area contributed by atoms with E-state index in [-0.39, 0.29) is 11.5 Å². The number of nitrogens with one attached hydrogen (secondary N) is 1. The molecule has 0 fully saturated rings. The van der Waals surface area contributed by atoms with Crippen LogP contribution in [0.4, 0.5) is 11.4 Å². The summed E-state index contributed by atoms with van der Waals surface area (Å²) in [6, 6.07) is 12.0. The zero-order chi connectivity index (χ0) is 20.9. The summed E-state index contributed by atoms with van der Waals surface area (Å²) in [4.78, 5) is 35.3. The molecule has 0 saturated heterocycles. The number of ether oxygens (including phenoxy) is 1. The monoisotopic (exact) mass is 404 g/mol. The molecule has 0 aliphatic carbocycles. The Labute approximate surface area is 163 Å². The lowest BCUT2D eigenvalue weighted by Gasteiger charge is -2.22. The highest BCUT2D eigenvalue weighted by Crippen LogP contribution is 2.20. The molecule has 2 aromatic rings. The van der Waals surface area contributed by atoms with Crippen LogP contribution in [0.2, 0.25) is 0 Å². The zero-order valence-electron chi connectivity index (χ0n) is 15.6. The lowest BCUT2D eigenvalue weighted by Crippen LogP contribution is -2.37. The number of carbonyl (C=O) groups excluding carboxylic acids is 3. The summed E-state index contributed by atoms with van der Waals surface area (Å²) in [6.07, 6.45) is 0.978. The number of esters is 1. The number of hydrogen-bond acceptors (Lipinski definition) is 6. The number of sulfonamides is 1. The van der Waals surface area contributed by atoms with E-state index in [2.05, 4.69) is 10.1 Å². The number of Topliss-reactive ketones (excluding diaryl/α,β-unsaturated/α-hetero) is 1. The van der Waals surface area contributed by atoms with E-state index in [0.29, 0.717) is 16.8 Å². The SMILES string of the molecule is COC(=O)c1ccc(NC(=O)CN(c2cccc(C(C)=O)c2)S(C)(=O)=O)cc1. The molecule has 148 valence electrons. The summed E-state index contributed by atoms with van der Waals surface area (Å²) < 4.78 is 29.8. The maximum Gasteiger partial charge on any atom is 0.337 e. The van der Waals surface area contributed by atoms with E-state index in [1.165, 1.54) is 50.4 Å². The second-order valence-corrected chi connectivity index (χ2v) is 7.90. The van der Waals surface area contributed by atoms with Crippen LogP contribution in [0.5, 0.6) is 0 Å². The minimum absolute atomic E-state index is 0.214. The number of ketones is 1. The Morgan fingerprint density at radius 1 is 1.04 bits per heavy atom. The molecule has 0 radical (unpaired) electrons. The molecule has 0 aliphatic heterocycles. The highest BCUT2D eigenvalue weighted by Gasteiger charge is 2.21. The van der Waals surface area contributed by atoms with E-state index in [1.54, 1.807) is 12.1 Å². The number of carbonyl (C=O) groups is 3. The van der Waals surface area contributed by atoms with E-state index >= 15 is 0 Å². The first-order valence-corrected chi connectivity index (χ1v) is 10.0. The third kappa shape index (κ3) is 5.40. The van der Waals surface area contributed by atoms with E-state index in [4.69, 9.17) is 0 Å². The second kappa shape index (κ2) is 8.66. The molecule has 8 nitrogen and oxygen atoms in total. The van der Waals surface area contributed by atoms with E-state index in [0.717, 1.165) is 10.6 Å². The third-order valence-electron chi connectivity index (χ3n) is 3.82. The van der Waals surface area contributed by atoms with Crippen molar-refractivity contribution in [3.63, 3.8) is 0 Å². The lowest BCUT2D eigenvalue weighted by molar-refractivity contribution is -0.114. The van der Waals surface area contributed by atoms with Crippen molar-refractivity contribution in [2.24, 2.45) is 0 Å². The summed E-state index contributed by atoms with van der Waals surface area (Å²) >= 11 is 0. The maximum atomic E-state index is 12.4. The number of anilines is 2. The van der Waals surface area contributed by atoms with Gasteiger partial charge in [0.15, 0.2) is 5.78 Å². The summed E-state index contributed by atoms with van der Waals surface area (Å²) in [7, 11) is -2.51. The molecular weight excluding hydrogens is 384 g/mol. The zero-order valence-corrected chi connectivity index (χ0v) is 16.4. The topological polar surface area (TPSA) is 110 Å². The Hall–Kier alpha value is -3.20. The first-order valence-electron chi connectivity index (χ1n) is 8.19. The van der Waals surface area contributed by atoms with Crippen LogP contribution in [0, 0.1) is 0 Å². The summed E-state index contributed by atoms with van der Waals surface area (Å²) in [6.45, 7) is 0.896. The lowest BCUT2D eigenvalue weighted by atomic mass is 10.1. The van der Waals surface area contributed by atoms with Crippen molar-refractivity contribution >= 4 is 39.1 Å². The molecule has 0 spiro atoms. The highest BCUT2D eigenvalue weighted by atomic mass is 32.2. The molecule has 0 aromatic heterocycles. The Bertz CT molecular complexity index is 999. The molecular formula is C19H20N2O6S. The molecule has 1 N–H and O–H groups in total. The van der Waals surface area contributed by atoms with Gasteiger partial charge in [0, 0.05) is 11.3 Å². The largest absolute Gasteiger partial charge is 0.465 e. The average molecular weight is 404 g/mol. The molecule has 1 amide bonds. The minimum Gasteiger partial charge on any atom is -0.465 e. The van der Waals surface area contributed by atoms with Crippen molar-refractivity contribution in [3.8, 4) is 0 Å². The van der Waals surface area contributed by atoms with E-state index < -0.39 is 28.4 Å². The molecule has 0 heterocycles. The predicted octanol–water partition coefficient (Wildman–Crippen LogP) is 2.08. The quantitative estimate of drug-likeness (QED) is 0.559. The van der Waals surface area contributed by atoms with Crippen LogP contribution in [0.25, 0.3) is 0 Å². The maximum absolute atomic E-state index is 12.4. The minimum atomic E-state index is -3.77.